The minimum absolute atomic E-state index is 0.187. The number of carbonyl (C=O) groups is 2. The quantitative estimate of drug-likeness (QED) is 0.111. The van der Waals surface area contributed by atoms with Gasteiger partial charge in [-0.05, 0) is 85.6 Å². The van der Waals surface area contributed by atoms with Crippen LogP contribution >= 0.6 is 0 Å². The summed E-state index contributed by atoms with van der Waals surface area (Å²) in [6.45, 7) is 5.16. The van der Waals surface area contributed by atoms with E-state index >= 15 is 0 Å². The third kappa shape index (κ3) is 6.86. The second kappa shape index (κ2) is 16.3. The van der Waals surface area contributed by atoms with Gasteiger partial charge in [-0.1, -0.05) is 99.5 Å². The largest absolute Gasteiger partial charge is 0.309 e. The number of hydrogen-bond donors (Lipinski definition) is 0. The summed E-state index contributed by atoms with van der Waals surface area (Å²) in [6, 6.07) is 48.5. The Bertz CT molecular complexity index is 2110. The summed E-state index contributed by atoms with van der Waals surface area (Å²) in [7, 11) is 0. The number of aromatic nitrogens is 2. The van der Waals surface area contributed by atoms with Gasteiger partial charge in [0.05, 0.1) is 57.7 Å². The van der Waals surface area contributed by atoms with Crippen LogP contribution in [0.2, 0.25) is 0 Å². The van der Waals surface area contributed by atoms with Crippen LogP contribution in [-0.2, 0) is 9.59 Å². The average Bonchev–Trinajstić information content (AvgIpc) is 3.70. The molecular formula is C48H44N6O2. The van der Waals surface area contributed by atoms with Crippen molar-refractivity contribution in [3.63, 3.8) is 0 Å². The van der Waals surface area contributed by atoms with Crippen molar-refractivity contribution < 1.29 is 9.59 Å². The van der Waals surface area contributed by atoms with Crippen LogP contribution in [0.1, 0.15) is 50.9 Å². The van der Waals surface area contributed by atoms with Gasteiger partial charge in [-0.25, -0.2) is 0 Å². The molecule has 0 radical (unpaired) electrons. The van der Waals surface area contributed by atoms with E-state index in [2.05, 4.69) is 72.2 Å². The molecule has 0 saturated heterocycles. The van der Waals surface area contributed by atoms with Crippen molar-refractivity contribution in [1.82, 2.24) is 19.8 Å². The molecule has 4 heterocycles. The molecule has 0 atom stereocenters. The van der Waals surface area contributed by atoms with E-state index in [1.165, 1.54) is 0 Å². The Kier molecular flexibility index (Phi) is 10.5. The number of carbonyl (C=O) groups excluding carboxylic acids is 2. The van der Waals surface area contributed by atoms with E-state index in [9.17, 15) is 9.59 Å². The second-order valence-corrected chi connectivity index (χ2v) is 13.9. The minimum Gasteiger partial charge on any atom is -0.309 e. The Morgan fingerprint density at radius 3 is 1.02 bits per heavy atom. The van der Waals surface area contributed by atoms with Gasteiger partial charge in [0.15, 0.2) is 0 Å². The lowest BCUT2D eigenvalue weighted by Gasteiger charge is -2.27. The first-order chi connectivity index (χ1) is 27.6. The van der Waals surface area contributed by atoms with Crippen molar-refractivity contribution in [2.45, 2.75) is 39.5 Å². The SMILES string of the molecule is CCCCN1C(=O)C2=C(c3ccc(N(c4ccccc4)c4ccccc4)cn3)N(CCCC)C(=O)C2=C1c1ccc(N(c2ccccc2)c2ccccc2)cn1. The molecule has 2 aromatic heterocycles. The standard InChI is InChI=1S/C48H44N6O2/c1-3-5-31-51-45(41-29-27-39(33-49-41)53(35-19-11-7-12-20-35)36-21-13-8-14-22-36)43-44(47(51)55)46(52(48(43)56)32-6-4-2)42-30-28-40(34-50-42)54(37-23-15-9-16-24-37)38-25-17-10-18-26-38/h7-30,33-34H,3-6,31-32H2,1-2H3. The van der Waals surface area contributed by atoms with Gasteiger partial charge < -0.3 is 19.6 Å². The zero-order chi connectivity index (χ0) is 38.4. The summed E-state index contributed by atoms with van der Waals surface area (Å²) in [4.78, 5) is 47.2. The normalized spacial score (nSPS) is 13.8. The van der Waals surface area contributed by atoms with Gasteiger partial charge in [-0.15, -0.1) is 0 Å². The molecule has 2 amide bonds. The summed E-state index contributed by atoms with van der Waals surface area (Å²) in [6.07, 6.45) is 7.02. The van der Waals surface area contributed by atoms with Crippen LogP contribution in [0.25, 0.3) is 11.4 Å². The molecule has 56 heavy (non-hydrogen) atoms. The van der Waals surface area contributed by atoms with Gasteiger partial charge in [0.1, 0.15) is 0 Å². The number of para-hydroxylation sites is 4. The first-order valence-corrected chi connectivity index (χ1v) is 19.4. The molecule has 0 saturated carbocycles. The highest BCUT2D eigenvalue weighted by molar-refractivity contribution is 6.30. The third-order valence-electron chi connectivity index (χ3n) is 10.2. The first-order valence-electron chi connectivity index (χ1n) is 19.4. The third-order valence-corrected chi connectivity index (χ3v) is 10.2. The van der Waals surface area contributed by atoms with Gasteiger partial charge >= 0.3 is 0 Å². The number of amides is 2. The molecule has 0 N–H and O–H groups in total. The predicted octanol–water partition coefficient (Wildman–Crippen LogP) is 10.8. The molecule has 6 aromatic rings. The number of hydrogen-bond acceptors (Lipinski definition) is 6. The molecule has 0 spiro atoms. The fraction of sp³-hybridized carbons (Fsp3) is 0.167. The highest BCUT2D eigenvalue weighted by Crippen LogP contribution is 2.47. The van der Waals surface area contributed by atoms with Gasteiger partial charge in [0.2, 0.25) is 0 Å². The van der Waals surface area contributed by atoms with Crippen LogP contribution in [-0.4, -0.2) is 44.7 Å². The highest BCUT2D eigenvalue weighted by atomic mass is 16.2. The van der Waals surface area contributed by atoms with Crippen molar-refractivity contribution in [1.29, 1.82) is 0 Å². The number of unbranched alkanes of at least 4 members (excludes halogenated alkanes) is 2. The lowest BCUT2D eigenvalue weighted by atomic mass is 10.1. The van der Waals surface area contributed by atoms with Crippen LogP contribution in [0.3, 0.4) is 0 Å². The van der Waals surface area contributed by atoms with E-state index in [0.717, 1.165) is 59.8 Å². The number of nitrogens with zero attached hydrogens (tertiary/aromatic N) is 6. The molecular weight excluding hydrogens is 693 g/mol. The summed E-state index contributed by atoms with van der Waals surface area (Å²) >= 11 is 0. The molecule has 8 rings (SSSR count). The zero-order valence-electron chi connectivity index (χ0n) is 31.8. The van der Waals surface area contributed by atoms with E-state index in [1.54, 1.807) is 9.80 Å². The molecule has 0 unspecified atom stereocenters. The Morgan fingerprint density at radius 2 is 0.750 bits per heavy atom. The Labute approximate surface area is 328 Å². The molecule has 0 fully saturated rings. The number of benzene rings is 4. The van der Waals surface area contributed by atoms with Gasteiger partial charge in [0, 0.05) is 35.8 Å². The van der Waals surface area contributed by atoms with Crippen molar-refractivity contribution >= 4 is 57.3 Å². The molecule has 4 aromatic carbocycles. The number of anilines is 6. The van der Waals surface area contributed by atoms with E-state index < -0.39 is 0 Å². The van der Waals surface area contributed by atoms with Crippen molar-refractivity contribution in [3.05, 3.63) is 181 Å². The Balaban J connectivity index is 1.23. The Hall–Kier alpha value is -6.80. The molecule has 278 valence electrons. The number of fused-ring (bicyclic) bond motifs is 1. The van der Waals surface area contributed by atoms with E-state index in [4.69, 9.17) is 9.97 Å². The van der Waals surface area contributed by atoms with Crippen molar-refractivity contribution in [2.75, 3.05) is 22.9 Å². The molecule has 2 aliphatic rings. The van der Waals surface area contributed by atoms with Crippen molar-refractivity contribution in [2.24, 2.45) is 0 Å². The fourth-order valence-electron chi connectivity index (χ4n) is 7.51. The lowest BCUT2D eigenvalue weighted by molar-refractivity contribution is -0.124. The molecule has 0 bridgehead atoms. The van der Waals surface area contributed by atoms with Crippen LogP contribution in [0.5, 0.6) is 0 Å². The summed E-state index contributed by atoms with van der Waals surface area (Å²) in [5, 5.41) is 0. The lowest BCUT2D eigenvalue weighted by Crippen LogP contribution is -2.31. The first kappa shape index (κ1) is 36.2. The smallest absolute Gasteiger partial charge is 0.261 e. The summed E-state index contributed by atoms with van der Waals surface area (Å²) < 4.78 is 0. The van der Waals surface area contributed by atoms with Crippen molar-refractivity contribution in [3.8, 4) is 0 Å². The van der Waals surface area contributed by atoms with Crippen LogP contribution in [0.4, 0.5) is 34.1 Å². The van der Waals surface area contributed by atoms with Crippen LogP contribution in [0.15, 0.2) is 169 Å². The number of pyridine rings is 2. The highest BCUT2D eigenvalue weighted by Gasteiger charge is 2.49. The molecule has 0 aliphatic carbocycles. The van der Waals surface area contributed by atoms with Gasteiger partial charge in [0.25, 0.3) is 11.8 Å². The fourth-order valence-corrected chi connectivity index (χ4v) is 7.51. The topological polar surface area (TPSA) is 72.9 Å². The maximum atomic E-state index is 14.7. The van der Waals surface area contributed by atoms with Crippen LogP contribution < -0.4 is 9.80 Å². The number of rotatable bonds is 14. The van der Waals surface area contributed by atoms with Gasteiger partial charge in [-0.3, -0.25) is 19.6 Å². The maximum absolute atomic E-state index is 14.7. The summed E-state index contributed by atoms with van der Waals surface area (Å²) in [5.41, 5.74) is 8.82. The maximum Gasteiger partial charge on any atom is 0.261 e. The molecule has 8 heteroatoms. The molecule has 2 aliphatic heterocycles. The second-order valence-electron chi connectivity index (χ2n) is 13.9. The van der Waals surface area contributed by atoms with Gasteiger partial charge in [-0.2, -0.15) is 0 Å². The minimum atomic E-state index is -0.187. The van der Waals surface area contributed by atoms with E-state index in [0.29, 0.717) is 47.0 Å². The van der Waals surface area contributed by atoms with E-state index in [1.807, 2.05) is 109 Å². The monoisotopic (exact) mass is 736 g/mol. The average molecular weight is 737 g/mol. The molecule has 8 nitrogen and oxygen atoms in total. The summed E-state index contributed by atoms with van der Waals surface area (Å²) in [5.74, 6) is -0.374. The van der Waals surface area contributed by atoms with E-state index in [-0.39, 0.29) is 11.8 Å². The Morgan fingerprint density at radius 1 is 0.429 bits per heavy atom. The van der Waals surface area contributed by atoms with Crippen LogP contribution in [0, 0.1) is 0 Å². The zero-order valence-corrected chi connectivity index (χ0v) is 31.8. The predicted molar refractivity (Wildman–Crippen MR) is 225 cm³/mol.